The van der Waals surface area contributed by atoms with Crippen molar-refractivity contribution in [3.63, 3.8) is 0 Å². The number of aliphatic hydroxyl groups excluding tert-OH is 1. The molecule has 316 valence electrons. The highest BCUT2D eigenvalue weighted by Gasteiger charge is 2.38. The van der Waals surface area contributed by atoms with Crippen molar-refractivity contribution < 1.29 is 38.7 Å². The Bertz CT molecular complexity index is 2200. The van der Waals surface area contributed by atoms with E-state index in [4.69, 9.17) is 9.47 Å². The van der Waals surface area contributed by atoms with E-state index in [0.717, 1.165) is 16.7 Å². The van der Waals surface area contributed by atoms with Gasteiger partial charge in [-0.05, 0) is 41.0 Å². The Morgan fingerprint density at radius 3 is 1.90 bits per heavy atom. The first-order valence-corrected chi connectivity index (χ1v) is 19.7. The number of hydrogen-bond donors (Lipinski definition) is 6. The Balaban J connectivity index is 1.35. The Morgan fingerprint density at radius 1 is 0.717 bits per heavy atom. The zero-order valence-corrected chi connectivity index (χ0v) is 33.9. The molecule has 0 radical (unpaired) electrons. The van der Waals surface area contributed by atoms with E-state index in [1.54, 1.807) is 39.8 Å². The third-order valence-electron chi connectivity index (χ3n) is 9.76. The van der Waals surface area contributed by atoms with E-state index in [1.807, 2.05) is 78.9 Å². The minimum absolute atomic E-state index is 0.00406. The lowest BCUT2D eigenvalue weighted by Crippen LogP contribution is -2.63. The molecule has 16 nitrogen and oxygen atoms in total. The number of benzene rings is 4. The topological polar surface area (TPSA) is 227 Å². The Kier molecular flexibility index (Phi) is 15.8. The molecule has 3 amide bonds. The number of carbonyl (C=O) groups excluding carboxylic acids is 4. The summed E-state index contributed by atoms with van der Waals surface area (Å²) in [6, 6.07) is 26.8. The van der Waals surface area contributed by atoms with E-state index in [1.165, 1.54) is 18.2 Å². The van der Waals surface area contributed by atoms with Gasteiger partial charge >= 0.3 is 12.1 Å². The summed E-state index contributed by atoms with van der Waals surface area (Å²) in [5.41, 5.74) is 3.03. The van der Waals surface area contributed by atoms with Gasteiger partial charge in [0.25, 0.3) is 5.69 Å². The van der Waals surface area contributed by atoms with Gasteiger partial charge < -0.3 is 35.5 Å². The van der Waals surface area contributed by atoms with Gasteiger partial charge in [-0.3, -0.25) is 25.0 Å². The van der Waals surface area contributed by atoms with Crippen LogP contribution in [0.3, 0.4) is 0 Å². The van der Waals surface area contributed by atoms with E-state index in [-0.39, 0.29) is 37.7 Å². The van der Waals surface area contributed by atoms with Crippen LogP contribution in [-0.2, 0) is 50.0 Å². The zero-order valence-electron chi connectivity index (χ0n) is 33.9. The fourth-order valence-electron chi connectivity index (χ4n) is 6.45. The maximum atomic E-state index is 14.3. The first-order valence-electron chi connectivity index (χ1n) is 19.7. The van der Waals surface area contributed by atoms with Crippen LogP contribution in [0.2, 0.25) is 0 Å². The quantitative estimate of drug-likeness (QED) is 0.0353. The highest BCUT2D eigenvalue weighted by atomic mass is 16.6. The van der Waals surface area contributed by atoms with E-state index >= 15 is 0 Å². The van der Waals surface area contributed by atoms with Crippen LogP contribution in [0.25, 0.3) is 11.0 Å². The number of nitro groups is 1. The number of nitrogens with one attached hydrogen (secondary N) is 5. The van der Waals surface area contributed by atoms with E-state index in [0.29, 0.717) is 11.0 Å². The number of alkyl carbamates (subject to hydrolysis) is 1. The molecule has 0 bridgehead atoms. The molecule has 5 aromatic rings. The van der Waals surface area contributed by atoms with Crippen molar-refractivity contribution in [2.45, 2.75) is 84.1 Å². The number of nitro benzene ring substituents is 1. The number of fused-ring (bicyclic) bond motifs is 1. The molecule has 16 heteroatoms. The van der Waals surface area contributed by atoms with Crippen molar-refractivity contribution in [2.75, 3.05) is 0 Å². The third-order valence-corrected chi connectivity index (χ3v) is 9.76. The van der Waals surface area contributed by atoms with Crippen LogP contribution in [0, 0.1) is 22.0 Å². The predicted octanol–water partition coefficient (Wildman–Crippen LogP) is 4.85. The summed E-state index contributed by atoms with van der Waals surface area (Å²) in [5.74, 6) is -2.74. The summed E-state index contributed by atoms with van der Waals surface area (Å²) < 4.78 is 11.0. The number of rotatable bonds is 20. The second-order valence-electron chi connectivity index (χ2n) is 15.0. The van der Waals surface area contributed by atoms with Crippen molar-refractivity contribution in [1.29, 1.82) is 0 Å². The summed E-state index contributed by atoms with van der Waals surface area (Å²) >= 11 is 0. The number of hydrogen-bond acceptors (Lipinski definition) is 11. The first-order chi connectivity index (χ1) is 28.8. The number of amides is 3. The van der Waals surface area contributed by atoms with Gasteiger partial charge in [-0.2, -0.15) is 0 Å². The molecule has 0 unspecified atom stereocenters. The average molecular weight is 822 g/mol. The Morgan fingerprint density at radius 2 is 1.30 bits per heavy atom. The minimum Gasteiger partial charge on any atom is -0.456 e. The molecule has 6 N–H and O–H groups in total. The molecule has 1 aromatic heterocycles. The van der Waals surface area contributed by atoms with E-state index < -0.39 is 70.9 Å². The van der Waals surface area contributed by atoms with Gasteiger partial charge in [0.2, 0.25) is 11.8 Å². The number of nitrogens with zero attached hydrogens (tertiary/aromatic N) is 2. The Labute approximate surface area is 347 Å². The smallest absolute Gasteiger partial charge is 0.408 e. The number of non-ortho nitro benzene ring substituents is 1. The normalized spacial score (nSPS) is 13.8. The van der Waals surface area contributed by atoms with Crippen molar-refractivity contribution in [3.05, 3.63) is 142 Å². The molecule has 5 rings (SSSR count). The van der Waals surface area contributed by atoms with Crippen molar-refractivity contribution in [1.82, 2.24) is 31.2 Å². The molecule has 4 aromatic carbocycles. The van der Waals surface area contributed by atoms with Gasteiger partial charge in [-0.1, -0.05) is 119 Å². The lowest BCUT2D eigenvalue weighted by atomic mass is 9.93. The van der Waals surface area contributed by atoms with Gasteiger partial charge in [0.15, 0.2) is 0 Å². The van der Waals surface area contributed by atoms with Crippen LogP contribution in [0.15, 0.2) is 109 Å². The molecule has 5 atom stereocenters. The van der Waals surface area contributed by atoms with Crippen LogP contribution in [0.5, 0.6) is 0 Å². The standard InChI is InChI=1S/C44H51N7O9/c1-27(2)37(50-44(56)60-25-31-18-12-7-13-19-31)41(53)48-35(22-29-14-8-5-9-15-29)40(52)39(45-24-30-16-10-6-11-17-30)42(54)49-38(28(3)4)43(55)59-26-36-46-33-21-20-32(51(57)58)23-34(33)47-36/h5-21,23,27-28,35,37-40,45,52H,22,24-26H2,1-4H3,(H,46,47)(H,48,53)(H,49,54)(H,50,56)/t35-,37-,38-,39+,40+/m0/s1. The SMILES string of the molecule is CC(C)[C@H](NC(=O)OCc1ccccc1)C(=O)N[C@@H](Cc1ccccc1)[C@@H](O)[C@@H](NCc1ccccc1)C(=O)N[C@H](C(=O)OCc1nc2ccc([N+](=O)[O-])cc2[nH]1)C(C)C. The predicted molar refractivity (Wildman–Crippen MR) is 223 cm³/mol. The number of carbonyl (C=O) groups is 4. The molecular formula is C44H51N7O9. The highest BCUT2D eigenvalue weighted by molar-refractivity contribution is 5.89. The molecule has 0 spiro atoms. The maximum absolute atomic E-state index is 14.3. The van der Waals surface area contributed by atoms with Crippen molar-refractivity contribution in [2.24, 2.45) is 11.8 Å². The minimum atomic E-state index is -1.57. The number of H-pyrrole nitrogens is 1. The molecule has 0 fully saturated rings. The molecule has 0 aliphatic carbocycles. The van der Waals surface area contributed by atoms with Gasteiger partial charge in [0, 0.05) is 18.7 Å². The molecule has 60 heavy (non-hydrogen) atoms. The monoisotopic (exact) mass is 821 g/mol. The van der Waals surface area contributed by atoms with E-state index in [9.17, 15) is 34.4 Å². The number of aliphatic hydroxyl groups is 1. The van der Waals surface area contributed by atoms with Gasteiger partial charge in [0.05, 0.1) is 28.1 Å². The number of ether oxygens (including phenoxy) is 2. The lowest BCUT2D eigenvalue weighted by molar-refractivity contribution is -0.384. The van der Waals surface area contributed by atoms with Crippen LogP contribution in [-0.4, -0.2) is 74.1 Å². The maximum Gasteiger partial charge on any atom is 0.408 e. The number of aromatic nitrogens is 2. The third kappa shape index (κ3) is 12.7. The number of imidazole rings is 1. The van der Waals surface area contributed by atoms with Crippen LogP contribution < -0.4 is 21.3 Å². The zero-order chi connectivity index (χ0) is 43.2. The van der Waals surface area contributed by atoms with Crippen molar-refractivity contribution in [3.8, 4) is 0 Å². The van der Waals surface area contributed by atoms with Crippen molar-refractivity contribution >= 4 is 40.6 Å². The fourth-order valence-corrected chi connectivity index (χ4v) is 6.45. The van der Waals surface area contributed by atoms with Crippen LogP contribution in [0.4, 0.5) is 10.5 Å². The first kappa shape index (κ1) is 44.5. The lowest BCUT2D eigenvalue weighted by Gasteiger charge is -2.33. The van der Waals surface area contributed by atoms with Gasteiger partial charge in [-0.25, -0.2) is 14.6 Å². The summed E-state index contributed by atoms with van der Waals surface area (Å²) in [7, 11) is 0. The molecular weight excluding hydrogens is 771 g/mol. The fraction of sp³-hybridized carbons (Fsp3) is 0.341. The summed E-state index contributed by atoms with van der Waals surface area (Å²) in [5, 5.41) is 34.8. The summed E-state index contributed by atoms with van der Waals surface area (Å²) in [6.07, 6.45) is -2.27. The highest BCUT2D eigenvalue weighted by Crippen LogP contribution is 2.20. The molecule has 0 saturated carbocycles. The van der Waals surface area contributed by atoms with Crippen LogP contribution >= 0.6 is 0 Å². The largest absolute Gasteiger partial charge is 0.456 e. The van der Waals surface area contributed by atoms with Crippen LogP contribution in [0.1, 0.15) is 50.2 Å². The number of esters is 1. The van der Waals surface area contributed by atoms with Gasteiger partial charge in [0.1, 0.15) is 37.2 Å². The molecule has 0 aliphatic rings. The second kappa shape index (κ2) is 21.4. The second-order valence-corrected chi connectivity index (χ2v) is 15.0. The number of aromatic amines is 1. The average Bonchev–Trinajstić information content (AvgIpc) is 3.66. The molecule has 0 aliphatic heterocycles. The molecule has 1 heterocycles. The summed E-state index contributed by atoms with van der Waals surface area (Å²) in [6.45, 7) is 6.79. The van der Waals surface area contributed by atoms with Gasteiger partial charge in [-0.15, -0.1) is 0 Å². The summed E-state index contributed by atoms with van der Waals surface area (Å²) in [4.78, 5) is 72.7. The molecule has 0 saturated heterocycles. The Hall–Kier alpha value is -6.65. The van der Waals surface area contributed by atoms with E-state index in [2.05, 4.69) is 31.2 Å².